The van der Waals surface area contributed by atoms with Crippen LogP contribution in [-0.4, -0.2) is 31.1 Å². The number of hydrogen-bond donors (Lipinski definition) is 2. The number of aliphatic imine (C=N–C) groups is 1. The predicted octanol–water partition coefficient (Wildman–Crippen LogP) is 3.96. The van der Waals surface area contributed by atoms with Crippen LogP contribution < -0.4 is 20.1 Å². The summed E-state index contributed by atoms with van der Waals surface area (Å²) in [7, 11) is 3.39. The fraction of sp³-hybridized carbons (Fsp3) is 0.368. The molecule has 0 spiro atoms. The molecule has 1 aromatic heterocycles. The van der Waals surface area contributed by atoms with Crippen molar-refractivity contribution in [3.05, 3.63) is 48.2 Å². The quantitative estimate of drug-likeness (QED) is 0.364. The van der Waals surface area contributed by atoms with Gasteiger partial charge in [0.1, 0.15) is 11.5 Å². The van der Waals surface area contributed by atoms with E-state index in [4.69, 9.17) is 9.47 Å². The first-order valence-electron chi connectivity index (χ1n) is 8.38. The van der Waals surface area contributed by atoms with Crippen LogP contribution >= 0.6 is 24.0 Å². The van der Waals surface area contributed by atoms with Gasteiger partial charge in [0.15, 0.2) is 5.96 Å². The monoisotopic (exact) mass is 470 g/mol. The number of nitrogens with zero attached hydrogens (tertiary/aromatic N) is 2. The highest BCUT2D eigenvalue weighted by molar-refractivity contribution is 14.0. The van der Waals surface area contributed by atoms with Gasteiger partial charge < -0.3 is 20.1 Å². The lowest BCUT2D eigenvalue weighted by Crippen LogP contribution is -2.41. The van der Waals surface area contributed by atoms with Crippen LogP contribution in [0.5, 0.6) is 17.4 Å². The van der Waals surface area contributed by atoms with Crippen LogP contribution in [0.15, 0.2) is 47.6 Å². The third-order valence-corrected chi connectivity index (χ3v) is 3.74. The maximum atomic E-state index is 5.74. The lowest BCUT2D eigenvalue weighted by atomic mass is 10.2. The smallest absolute Gasteiger partial charge is 0.219 e. The third kappa shape index (κ3) is 7.07. The number of guanidine groups is 1. The molecule has 2 aromatic rings. The Hall–Kier alpha value is -2.03. The van der Waals surface area contributed by atoms with Crippen LogP contribution in [-0.2, 0) is 6.54 Å². The first-order chi connectivity index (χ1) is 12.1. The molecular weight excluding hydrogens is 443 g/mol. The molecule has 1 atom stereocenters. The summed E-state index contributed by atoms with van der Waals surface area (Å²) in [5, 5.41) is 6.60. The second-order valence-corrected chi connectivity index (χ2v) is 5.67. The van der Waals surface area contributed by atoms with E-state index in [0.717, 1.165) is 23.7 Å². The molecule has 26 heavy (non-hydrogen) atoms. The van der Waals surface area contributed by atoms with E-state index < -0.39 is 0 Å². The molecular formula is C19H27IN4O2. The number of pyridine rings is 1. The van der Waals surface area contributed by atoms with E-state index in [2.05, 4.69) is 34.5 Å². The fourth-order valence-electron chi connectivity index (χ4n) is 2.08. The molecule has 0 fully saturated rings. The Morgan fingerprint density at radius 1 is 1.23 bits per heavy atom. The summed E-state index contributed by atoms with van der Waals surface area (Å²) in [5.41, 5.74) is 1.05. The summed E-state index contributed by atoms with van der Waals surface area (Å²) >= 11 is 0. The van der Waals surface area contributed by atoms with Crippen molar-refractivity contribution in [2.45, 2.75) is 32.9 Å². The van der Waals surface area contributed by atoms with Gasteiger partial charge in [-0.15, -0.1) is 24.0 Å². The second kappa shape index (κ2) is 11.6. The average molecular weight is 470 g/mol. The molecule has 1 aromatic carbocycles. The molecule has 0 bridgehead atoms. The molecule has 0 saturated carbocycles. The van der Waals surface area contributed by atoms with E-state index in [1.54, 1.807) is 20.4 Å². The molecule has 0 amide bonds. The van der Waals surface area contributed by atoms with E-state index in [-0.39, 0.29) is 24.0 Å². The van der Waals surface area contributed by atoms with E-state index in [9.17, 15) is 0 Å². The van der Waals surface area contributed by atoms with E-state index in [1.165, 1.54) is 0 Å². The van der Waals surface area contributed by atoms with Crippen molar-refractivity contribution in [3.8, 4) is 17.4 Å². The lowest BCUT2D eigenvalue weighted by Gasteiger charge is -2.16. The van der Waals surface area contributed by atoms with Gasteiger partial charge >= 0.3 is 0 Å². The normalized spacial score (nSPS) is 11.9. The SMILES string of the molecule is CCC(C)NC(=NC)NCc1ccc(Oc2cccc(OC)c2)nc1.I. The number of rotatable bonds is 7. The number of methoxy groups -OCH3 is 1. The minimum absolute atomic E-state index is 0. The molecule has 1 unspecified atom stereocenters. The molecule has 0 aliphatic rings. The summed E-state index contributed by atoms with van der Waals surface area (Å²) in [4.78, 5) is 8.57. The highest BCUT2D eigenvalue weighted by Gasteiger charge is 2.04. The maximum absolute atomic E-state index is 5.74. The van der Waals surface area contributed by atoms with Crippen LogP contribution in [0.2, 0.25) is 0 Å². The zero-order valence-corrected chi connectivity index (χ0v) is 18.0. The van der Waals surface area contributed by atoms with Crippen LogP contribution in [0.4, 0.5) is 0 Å². The van der Waals surface area contributed by atoms with Gasteiger partial charge in [-0.2, -0.15) is 0 Å². The van der Waals surface area contributed by atoms with Gasteiger partial charge in [0, 0.05) is 38.0 Å². The van der Waals surface area contributed by atoms with Gasteiger partial charge in [0.25, 0.3) is 0 Å². The first kappa shape index (κ1) is 22.0. The second-order valence-electron chi connectivity index (χ2n) is 5.67. The number of aromatic nitrogens is 1. The summed E-state index contributed by atoms with van der Waals surface area (Å²) in [6.07, 6.45) is 2.83. The van der Waals surface area contributed by atoms with E-state index in [1.807, 2.05) is 36.4 Å². The van der Waals surface area contributed by atoms with Gasteiger partial charge in [0.2, 0.25) is 5.88 Å². The van der Waals surface area contributed by atoms with Crippen molar-refractivity contribution >= 4 is 29.9 Å². The zero-order chi connectivity index (χ0) is 18.1. The third-order valence-electron chi connectivity index (χ3n) is 3.74. The number of nitrogens with one attached hydrogen (secondary N) is 2. The molecule has 1 heterocycles. The average Bonchev–Trinajstić information content (AvgIpc) is 2.66. The van der Waals surface area contributed by atoms with Gasteiger partial charge in [-0.05, 0) is 31.0 Å². The molecule has 2 N–H and O–H groups in total. The first-order valence-corrected chi connectivity index (χ1v) is 8.38. The molecule has 0 aliphatic heterocycles. The molecule has 2 rings (SSSR count). The molecule has 7 heteroatoms. The number of halogens is 1. The number of hydrogen-bond acceptors (Lipinski definition) is 4. The largest absolute Gasteiger partial charge is 0.497 e. The maximum Gasteiger partial charge on any atom is 0.219 e. The summed E-state index contributed by atoms with van der Waals surface area (Å²) in [6, 6.07) is 11.6. The number of ether oxygens (including phenoxy) is 2. The molecule has 0 aliphatic carbocycles. The molecule has 142 valence electrons. The van der Waals surface area contributed by atoms with Crippen molar-refractivity contribution in [2.24, 2.45) is 4.99 Å². The van der Waals surface area contributed by atoms with Crippen molar-refractivity contribution in [3.63, 3.8) is 0 Å². The predicted molar refractivity (Wildman–Crippen MR) is 116 cm³/mol. The van der Waals surface area contributed by atoms with Crippen LogP contribution in [0.1, 0.15) is 25.8 Å². The van der Waals surface area contributed by atoms with Gasteiger partial charge in [0.05, 0.1) is 7.11 Å². The highest BCUT2D eigenvalue weighted by atomic mass is 127. The van der Waals surface area contributed by atoms with Gasteiger partial charge in [-0.25, -0.2) is 4.98 Å². The summed E-state index contributed by atoms with van der Waals surface area (Å²) in [6.45, 7) is 4.90. The van der Waals surface area contributed by atoms with E-state index >= 15 is 0 Å². The van der Waals surface area contributed by atoms with Crippen LogP contribution in [0.3, 0.4) is 0 Å². The lowest BCUT2D eigenvalue weighted by molar-refractivity contribution is 0.407. The van der Waals surface area contributed by atoms with Crippen LogP contribution in [0.25, 0.3) is 0 Å². The minimum atomic E-state index is 0. The Kier molecular flexibility index (Phi) is 9.79. The number of benzene rings is 1. The van der Waals surface area contributed by atoms with Gasteiger partial charge in [-0.3, -0.25) is 4.99 Å². The molecule has 0 saturated heterocycles. The Morgan fingerprint density at radius 2 is 2.00 bits per heavy atom. The van der Waals surface area contributed by atoms with Crippen molar-refractivity contribution in [2.75, 3.05) is 14.2 Å². The summed E-state index contributed by atoms with van der Waals surface area (Å²) in [5.74, 6) is 2.76. The van der Waals surface area contributed by atoms with Crippen molar-refractivity contribution in [1.29, 1.82) is 0 Å². The standard InChI is InChI=1S/C19H26N4O2.HI/c1-5-14(2)23-19(20-3)22-13-15-9-10-18(21-12-15)25-17-8-6-7-16(11-17)24-4;/h6-12,14H,5,13H2,1-4H3,(H2,20,22,23);1H. The Labute approximate surface area is 172 Å². The Balaban J connectivity index is 0.00000338. The minimum Gasteiger partial charge on any atom is -0.497 e. The Morgan fingerprint density at radius 3 is 2.62 bits per heavy atom. The van der Waals surface area contributed by atoms with Crippen molar-refractivity contribution in [1.82, 2.24) is 15.6 Å². The molecule has 6 nitrogen and oxygen atoms in total. The Bertz CT molecular complexity index is 692. The van der Waals surface area contributed by atoms with Crippen LogP contribution in [0, 0.1) is 0 Å². The molecule has 0 radical (unpaired) electrons. The summed E-state index contributed by atoms with van der Waals surface area (Å²) < 4.78 is 10.9. The van der Waals surface area contributed by atoms with Gasteiger partial charge in [-0.1, -0.05) is 19.1 Å². The van der Waals surface area contributed by atoms with E-state index in [0.29, 0.717) is 24.2 Å². The topological polar surface area (TPSA) is 67.8 Å². The fourth-order valence-corrected chi connectivity index (χ4v) is 2.08. The zero-order valence-electron chi connectivity index (χ0n) is 15.7. The van der Waals surface area contributed by atoms with Crippen molar-refractivity contribution < 1.29 is 9.47 Å². The highest BCUT2D eigenvalue weighted by Crippen LogP contribution is 2.23.